The van der Waals surface area contributed by atoms with E-state index in [0.29, 0.717) is 22.4 Å². The van der Waals surface area contributed by atoms with Crippen molar-refractivity contribution in [1.29, 1.82) is 0 Å². The molecule has 1 heterocycles. The van der Waals surface area contributed by atoms with Gasteiger partial charge in [0.05, 0.1) is 12.4 Å². The molecule has 0 aliphatic heterocycles. The van der Waals surface area contributed by atoms with Crippen molar-refractivity contribution >= 4 is 40.6 Å². The van der Waals surface area contributed by atoms with Crippen molar-refractivity contribution < 1.29 is 4.79 Å². The summed E-state index contributed by atoms with van der Waals surface area (Å²) in [4.78, 5) is 20.5. The highest BCUT2D eigenvalue weighted by Gasteiger charge is 2.08. The van der Waals surface area contributed by atoms with E-state index in [4.69, 9.17) is 23.2 Å². The molecule has 0 aliphatic carbocycles. The second kappa shape index (κ2) is 7.96. The summed E-state index contributed by atoms with van der Waals surface area (Å²) in [5.74, 6) is 0.247. The normalized spacial score (nSPS) is 10.3. The standard InChI is InChI=1S/C18H14Cl2N4O/c19-13-3-1-12(2-4-13)9-23-18(25)16-10-22-17(11-21-16)24-15-7-5-14(20)6-8-15/h1-8,10-11H,9H2,(H,22,24)(H,23,25). The van der Waals surface area contributed by atoms with Crippen molar-refractivity contribution in [2.24, 2.45) is 0 Å². The van der Waals surface area contributed by atoms with Crippen LogP contribution in [-0.2, 0) is 6.54 Å². The second-order valence-corrected chi connectivity index (χ2v) is 6.10. The smallest absolute Gasteiger partial charge is 0.271 e. The maximum absolute atomic E-state index is 12.1. The summed E-state index contributed by atoms with van der Waals surface area (Å²) in [6.45, 7) is 0.391. The zero-order valence-corrected chi connectivity index (χ0v) is 14.6. The third kappa shape index (κ3) is 4.92. The summed E-state index contributed by atoms with van der Waals surface area (Å²) < 4.78 is 0. The SMILES string of the molecule is O=C(NCc1ccc(Cl)cc1)c1cnc(Nc2ccc(Cl)cc2)cn1. The Kier molecular flexibility index (Phi) is 5.48. The van der Waals surface area contributed by atoms with E-state index in [1.54, 1.807) is 24.3 Å². The van der Waals surface area contributed by atoms with Gasteiger partial charge in [0.25, 0.3) is 5.91 Å². The van der Waals surface area contributed by atoms with E-state index in [1.807, 2.05) is 24.3 Å². The Morgan fingerprint density at radius 3 is 2.12 bits per heavy atom. The highest BCUT2D eigenvalue weighted by molar-refractivity contribution is 6.30. The second-order valence-electron chi connectivity index (χ2n) is 5.23. The highest BCUT2D eigenvalue weighted by atomic mass is 35.5. The predicted octanol–water partition coefficient (Wildman–Crippen LogP) is 4.46. The number of amides is 1. The van der Waals surface area contributed by atoms with Crippen LogP contribution in [0.15, 0.2) is 60.9 Å². The number of anilines is 2. The van der Waals surface area contributed by atoms with Crippen LogP contribution in [0.3, 0.4) is 0 Å². The summed E-state index contributed by atoms with van der Waals surface area (Å²) >= 11 is 11.7. The number of carbonyl (C=O) groups is 1. The van der Waals surface area contributed by atoms with E-state index in [2.05, 4.69) is 20.6 Å². The number of benzene rings is 2. The lowest BCUT2D eigenvalue weighted by Crippen LogP contribution is -2.24. The van der Waals surface area contributed by atoms with Gasteiger partial charge in [-0.25, -0.2) is 9.97 Å². The minimum absolute atomic E-state index is 0.246. The molecule has 0 fully saturated rings. The van der Waals surface area contributed by atoms with Gasteiger partial charge in [-0.15, -0.1) is 0 Å². The number of halogens is 2. The van der Waals surface area contributed by atoms with E-state index < -0.39 is 0 Å². The molecular formula is C18H14Cl2N4O. The molecule has 0 bridgehead atoms. The highest BCUT2D eigenvalue weighted by Crippen LogP contribution is 2.17. The van der Waals surface area contributed by atoms with Crippen LogP contribution in [0.2, 0.25) is 10.0 Å². The molecule has 126 valence electrons. The van der Waals surface area contributed by atoms with E-state index in [1.165, 1.54) is 12.4 Å². The minimum Gasteiger partial charge on any atom is -0.347 e. The van der Waals surface area contributed by atoms with Crippen molar-refractivity contribution in [2.75, 3.05) is 5.32 Å². The Hall–Kier alpha value is -2.63. The van der Waals surface area contributed by atoms with Crippen LogP contribution in [0.1, 0.15) is 16.1 Å². The van der Waals surface area contributed by atoms with Crippen LogP contribution >= 0.6 is 23.2 Å². The fourth-order valence-electron chi connectivity index (χ4n) is 2.07. The van der Waals surface area contributed by atoms with Crippen molar-refractivity contribution in [1.82, 2.24) is 15.3 Å². The van der Waals surface area contributed by atoms with Crippen LogP contribution in [0.4, 0.5) is 11.5 Å². The third-order valence-corrected chi connectivity index (χ3v) is 3.87. The molecular weight excluding hydrogens is 359 g/mol. The quantitative estimate of drug-likeness (QED) is 0.693. The van der Waals surface area contributed by atoms with Gasteiger partial charge in [0.2, 0.25) is 0 Å². The molecule has 0 radical (unpaired) electrons. The summed E-state index contributed by atoms with van der Waals surface area (Å²) in [6.07, 6.45) is 2.93. The number of carbonyl (C=O) groups excluding carboxylic acids is 1. The first kappa shape index (κ1) is 17.2. The molecule has 0 saturated heterocycles. The lowest BCUT2D eigenvalue weighted by atomic mass is 10.2. The number of nitrogens with zero attached hydrogens (tertiary/aromatic N) is 2. The maximum Gasteiger partial charge on any atom is 0.271 e. The van der Waals surface area contributed by atoms with E-state index in [9.17, 15) is 4.79 Å². The van der Waals surface area contributed by atoms with Crippen molar-refractivity contribution in [3.05, 3.63) is 82.2 Å². The largest absolute Gasteiger partial charge is 0.347 e. The van der Waals surface area contributed by atoms with Gasteiger partial charge < -0.3 is 10.6 Å². The van der Waals surface area contributed by atoms with E-state index in [-0.39, 0.29) is 11.6 Å². The Morgan fingerprint density at radius 1 is 0.880 bits per heavy atom. The monoisotopic (exact) mass is 372 g/mol. The first-order valence-corrected chi connectivity index (χ1v) is 8.23. The summed E-state index contributed by atoms with van der Waals surface area (Å²) in [7, 11) is 0. The Bertz CT molecular complexity index is 850. The Labute approximate surface area is 155 Å². The maximum atomic E-state index is 12.1. The molecule has 0 spiro atoms. The summed E-state index contributed by atoms with van der Waals surface area (Å²) in [5.41, 5.74) is 2.03. The van der Waals surface area contributed by atoms with Crippen LogP contribution in [-0.4, -0.2) is 15.9 Å². The van der Waals surface area contributed by atoms with Crippen LogP contribution < -0.4 is 10.6 Å². The average molecular weight is 373 g/mol. The molecule has 0 saturated carbocycles. The van der Waals surface area contributed by atoms with E-state index in [0.717, 1.165) is 11.3 Å². The number of hydrogen-bond donors (Lipinski definition) is 2. The fraction of sp³-hybridized carbons (Fsp3) is 0.0556. The zero-order valence-electron chi connectivity index (χ0n) is 13.0. The first-order chi connectivity index (χ1) is 12.1. The van der Waals surface area contributed by atoms with Gasteiger partial charge in [-0.3, -0.25) is 4.79 Å². The molecule has 3 rings (SSSR count). The number of aromatic nitrogens is 2. The zero-order chi connectivity index (χ0) is 17.6. The molecule has 0 atom stereocenters. The number of rotatable bonds is 5. The molecule has 1 amide bonds. The molecule has 2 N–H and O–H groups in total. The molecule has 0 aliphatic rings. The van der Waals surface area contributed by atoms with E-state index >= 15 is 0 Å². The van der Waals surface area contributed by atoms with Crippen LogP contribution in [0.5, 0.6) is 0 Å². The van der Waals surface area contributed by atoms with Crippen LogP contribution in [0.25, 0.3) is 0 Å². The van der Waals surface area contributed by atoms with Crippen LogP contribution in [0, 0.1) is 0 Å². The molecule has 1 aromatic heterocycles. The number of hydrogen-bond acceptors (Lipinski definition) is 4. The van der Waals surface area contributed by atoms with Gasteiger partial charge in [-0.2, -0.15) is 0 Å². The molecule has 25 heavy (non-hydrogen) atoms. The van der Waals surface area contributed by atoms with Gasteiger partial charge in [-0.05, 0) is 42.0 Å². The van der Waals surface area contributed by atoms with Crippen molar-refractivity contribution in [2.45, 2.75) is 6.54 Å². The van der Waals surface area contributed by atoms with Crippen molar-refractivity contribution in [3.63, 3.8) is 0 Å². The Balaban J connectivity index is 1.58. The predicted molar refractivity (Wildman–Crippen MR) is 99.4 cm³/mol. The van der Waals surface area contributed by atoms with Gasteiger partial charge in [0, 0.05) is 22.3 Å². The fourth-order valence-corrected chi connectivity index (χ4v) is 2.32. The third-order valence-electron chi connectivity index (χ3n) is 3.37. The molecule has 2 aromatic carbocycles. The summed E-state index contributed by atoms with van der Waals surface area (Å²) in [5, 5.41) is 7.19. The number of nitrogens with one attached hydrogen (secondary N) is 2. The van der Waals surface area contributed by atoms with Gasteiger partial charge in [0.1, 0.15) is 11.5 Å². The topological polar surface area (TPSA) is 66.9 Å². The molecule has 5 nitrogen and oxygen atoms in total. The average Bonchev–Trinajstić information content (AvgIpc) is 2.63. The summed E-state index contributed by atoms with van der Waals surface area (Å²) in [6, 6.07) is 14.5. The first-order valence-electron chi connectivity index (χ1n) is 7.47. The van der Waals surface area contributed by atoms with Gasteiger partial charge >= 0.3 is 0 Å². The lowest BCUT2D eigenvalue weighted by Gasteiger charge is -2.07. The molecule has 0 unspecified atom stereocenters. The minimum atomic E-state index is -0.291. The lowest BCUT2D eigenvalue weighted by molar-refractivity contribution is 0.0945. The molecule has 7 heteroatoms. The van der Waals surface area contributed by atoms with Gasteiger partial charge in [0.15, 0.2) is 0 Å². The van der Waals surface area contributed by atoms with Crippen molar-refractivity contribution in [3.8, 4) is 0 Å². The van der Waals surface area contributed by atoms with Gasteiger partial charge in [-0.1, -0.05) is 35.3 Å². The molecule has 3 aromatic rings. The Morgan fingerprint density at radius 2 is 1.52 bits per heavy atom.